The van der Waals surface area contributed by atoms with Crippen LogP contribution < -0.4 is 10.0 Å². The van der Waals surface area contributed by atoms with Crippen molar-refractivity contribution >= 4 is 48.9 Å². The lowest BCUT2D eigenvalue weighted by molar-refractivity contribution is -0.153. The van der Waals surface area contributed by atoms with Gasteiger partial charge in [-0.1, -0.05) is 12.1 Å². The van der Waals surface area contributed by atoms with Gasteiger partial charge in [0.05, 0.1) is 11.9 Å². The molecule has 4 aliphatic rings. The summed E-state index contributed by atoms with van der Waals surface area (Å²) >= 11 is 0. The van der Waals surface area contributed by atoms with E-state index < -0.39 is 37.8 Å². The predicted octanol–water partition coefficient (Wildman–Crippen LogP) is 2.66. The molecule has 0 aromatic heterocycles. The maximum absolute atomic E-state index is 14.0. The Hall–Kier alpha value is -3.32. The third kappa shape index (κ3) is 4.41. The Kier molecular flexibility index (Phi) is 5.88. The highest BCUT2D eigenvalue weighted by atomic mass is 32.2. The molecule has 0 spiro atoms. The first kappa shape index (κ1) is 25.9. The second-order valence-electron chi connectivity index (χ2n) is 10.9. The van der Waals surface area contributed by atoms with Crippen LogP contribution in [0.1, 0.15) is 30.4 Å². The van der Waals surface area contributed by atoms with E-state index >= 15 is 0 Å². The van der Waals surface area contributed by atoms with E-state index in [9.17, 15) is 30.8 Å². The highest BCUT2D eigenvalue weighted by Crippen LogP contribution is 2.54. The molecule has 2 saturated carbocycles. The number of nitrogens with one attached hydrogen (secondary N) is 2. The van der Waals surface area contributed by atoms with Crippen LogP contribution in [0.25, 0.3) is 0 Å². The van der Waals surface area contributed by atoms with E-state index in [4.69, 9.17) is 0 Å². The van der Waals surface area contributed by atoms with Gasteiger partial charge in [-0.25, -0.2) is 12.8 Å². The third-order valence-corrected chi connectivity index (χ3v) is 10.2. The molecule has 2 aromatic carbocycles. The van der Waals surface area contributed by atoms with Crippen LogP contribution in [0.15, 0.2) is 45.7 Å². The number of anilines is 2. The molecule has 2 N–H and O–H groups in total. The van der Waals surface area contributed by atoms with Crippen molar-refractivity contribution < 1.29 is 30.8 Å². The van der Waals surface area contributed by atoms with Gasteiger partial charge in [0.2, 0.25) is 15.9 Å². The number of Topliss-reactive ketones (excluding diaryl/α,β-unsaturated/α-hetero) is 1. The first-order valence-electron chi connectivity index (χ1n) is 12.7. The summed E-state index contributed by atoms with van der Waals surface area (Å²) in [6, 6.07) is 8.24. The fourth-order valence-corrected chi connectivity index (χ4v) is 8.49. The van der Waals surface area contributed by atoms with E-state index in [0.29, 0.717) is 5.56 Å². The maximum Gasteiger partial charge on any atom is 0.286 e. The summed E-state index contributed by atoms with van der Waals surface area (Å²) in [5.41, 5.74) is 1.30. The number of hydrogen-bond donors (Lipinski definition) is 2. The van der Waals surface area contributed by atoms with Crippen molar-refractivity contribution in [2.24, 2.45) is 28.1 Å². The highest BCUT2D eigenvalue weighted by molar-refractivity contribution is 7.92. The van der Waals surface area contributed by atoms with Gasteiger partial charge in [0.1, 0.15) is 16.5 Å². The number of likely N-dealkylation sites (tertiary alicyclic amines) is 1. The highest BCUT2D eigenvalue weighted by Gasteiger charge is 2.60. The van der Waals surface area contributed by atoms with Crippen LogP contribution in [0, 0.1) is 36.4 Å². The van der Waals surface area contributed by atoms with Gasteiger partial charge < -0.3 is 10.2 Å². The van der Waals surface area contributed by atoms with E-state index in [2.05, 4.69) is 14.4 Å². The lowest BCUT2D eigenvalue weighted by Gasteiger charge is -2.45. The van der Waals surface area contributed by atoms with Crippen molar-refractivity contribution in [1.82, 2.24) is 4.90 Å². The van der Waals surface area contributed by atoms with E-state index in [0.717, 1.165) is 37.1 Å². The first-order valence-corrected chi connectivity index (χ1v) is 16.0. The molecule has 0 radical (unpaired) electrons. The Morgan fingerprint density at radius 2 is 1.87 bits per heavy atom. The molecule has 5 atom stereocenters. The Labute approximate surface area is 225 Å². The maximum atomic E-state index is 14.0. The van der Waals surface area contributed by atoms with Crippen molar-refractivity contribution in [3.05, 3.63) is 53.3 Å². The molecule has 10 nitrogen and oxygen atoms in total. The van der Waals surface area contributed by atoms with Crippen molar-refractivity contribution in [3.63, 3.8) is 0 Å². The molecule has 2 aromatic rings. The fraction of sp³-hybridized carbons (Fsp3) is 0.423. The number of fused-ring (bicyclic) bond motifs is 6. The number of sulfonamides is 2. The smallest absolute Gasteiger partial charge is 0.286 e. The molecule has 2 heterocycles. The summed E-state index contributed by atoms with van der Waals surface area (Å²) in [5.74, 6) is -3.04. The number of amidine groups is 1. The van der Waals surface area contributed by atoms with Crippen LogP contribution in [0.2, 0.25) is 0 Å². The van der Waals surface area contributed by atoms with Crippen LogP contribution >= 0.6 is 0 Å². The molecule has 6 rings (SSSR count). The van der Waals surface area contributed by atoms with Crippen LogP contribution in [-0.2, 0) is 36.2 Å². The number of carbonyl (C=O) groups excluding carboxylic acids is 2. The number of ketones is 1. The Balaban J connectivity index is 1.38. The monoisotopic (exact) mass is 574 g/mol. The van der Waals surface area contributed by atoms with Crippen molar-refractivity contribution in [2.45, 2.75) is 43.7 Å². The van der Waals surface area contributed by atoms with E-state index in [1.54, 1.807) is 24.0 Å². The second kappa shape index (κ2) is 8.85. The van der Waals surface area contributed by atoms with Gasteiger partial charge in [-0.05, 0) is 73.4 Å². The number of halogens is 1. The number of benzene rings is 2. The van der Waals surface area contributed by atoms with E-state index in [1.165, 1.54) is 18.2 Å². The summed E-state index contributed by atoms with van der Waals surface area (Å²) < 4.78 is 69.5. The molecular weight excluding hydrogens is 547 g/mol. The normalized spacial score (nSPS) is 28.9. The van der Waals surface area contributed by atoms with Crippen LogP contribution in [-0.4, -0.2) is 51.6 Å². The molecule has 2 aliphatic carbocycles. The number of nitrogens with zero attached hydrogens (tertiary/aromatic N) is 2. The molecule has 13 heteroatoms. The lowest BCUT2D eigenvalue weighted by Crippen LogP contribution is -2.61. The summed E-state index contributed by atoms with van der Waals surface area (Å²) in [5, 5.41) is 2.87. The average molecular weight is 575 g/mol. The molecule has 1 unspecified atom stereocenters. The van der Waals surface area contributed by atoms with E-state index in [-0.39, 0.29) is 58.1 Å². The average Bonchev–Trinajstić information content (AvgIpc) is 3.46. The van der Waals surface area contributed by atoms with Crippen molar-refractivity contribution in [3.8, 4) is 0 Å². The van der Waals surface area contributed by atoms with Crippen LogP contribution in [0.5, 0.6) is 0 Å². The lowest BCUT2D eigenvalue weighted by atomic mass is 9.73. The van der Waals surface area contributed by atoms with Crippen LogP contribution in [0.3, 0.4) is 0 Å². The topological polar surface area (TPSA) is 142 Å². The van der Waals surface area contributed by atoms with Gasteiger partial charge in [-0.2, -0.15) is 8.42 Å². The Morgan fingerprint density at radius 3 is 2.59 bits per heavy atom. The van der Waals surface area contributed by atoms with Crippen LogP contribution in [0.4, 0.5) is 15.8 Å². The molecule has 206 valence electrons. The van der Waals surface area contributed by atoms with Gasteiger partial charge in [0.15, 0.2) is 11.7 Å². The van der Waals surface area contributed by atoms with Gasteiger partial charge in [0.25, 0.3) is 10.0 Å². The minimum Gasteiger partial charge on any atom is -0.341 e. The van der Waals surface area contributed by atoms with Crippen molar-refractivity contribution in [2.75, 3.05) is 16.3 Å². The second-order valence-corrected chi connectivity index (χ2v) is 14.2. The largest absolute Gasteiger partial charge is 0.341 e. The molecule has 2 aliphatic heterocycles. The van der Waals surface area contributed by atoms with Gasteiger partial charge in [-0.3, -0.25) is 14.3 Å². The Bertz CT molecular complexity index is 1670. The molecule has 1 amide bonds. The fourth-order valence-electron chi connectivity index (χ4n) is 6.75. The molecule has 2 bridgehead atoms. The summed E-state index contributed by atoms with van der Waals surface area (Å²) in [7, 11) is -8.01. The van der Waals surface area contributed by atoms with Gasteiger partial charge >= 0.3 is 0 Å². The van der Waals surface area contributed by atoms with Gasteiger partial charge in [0, 0.05) is 24.2 Å². The molecular formula is C26H27FN4O6S2. The Morgan fingerprint density at radius 1 is 1.13 bits per heavy atom. The molecule has 1 saturated heterocycles. The van der Waals surface area contributed by atoms with Gasteiger partial charge in [-0.15, -0.1) is 4.40 Å². The zero-order valence-corrected chi connectivity index (χ0v) is 22.9. The summed E-state index contributed by atoms with van der Waals surface area (Å²) in [4.78, 5) is 29.2. The van der Waals surface area contributed by atoms with Crippen molar-refractivity contribution in [1.29, 1.82) is 0 Å². The number of carbonyl (C=O) groups is 2. The number of hydrogen-bond acceptors (Lipinski definition) is 7. The SMILES string of the molecule is Cc1cc(CN2C(=O)C(C3=NS(=O)(=O)c4cc(NS(C)(=O)=O)ccc4N3)C(=O)[C@@H]3[C@H]4CC[C@H](C4)[C@@H]32)ccc1F. The number of aryl methyl sites for hydroxylation is 1. The molecule has 3 fully saturated rings. The zero-order valence-electron chi connectivity index (χ0n) is 21.2. The number of piperidine rings is 1. The number of amides is 1. The third-order valence-electron chi connectivity index (χ3n) is 8.27. The summed E-state index contributed by atoms with van der Waals surface area (Å²) in [6.07, 6.45) is 3.56. The quantitative estimate of drug-likeness (QED) is 0.523. The summed E-state index contributed by atoms with van der Waals surface area (Å²) in [6.45, 7) is 1.81. The first-order chi connectivity index (χ1) is 18.3. The zero-order chi connectivity index (χ0) is 27.9. The minimum absolute atomic E-state index is 0.0377. The standard InChI is InChI=1S/C26H27FN4O6S2/c1-13-9-14(3-7-18(13)27)12-31-23-16-5-4-15(10-16)21(23)24(32)22(26(31)33)25-28-19-8-6-17(29-38(2,34)35)11-20(19)39(36,37)30-25/h3,6-9,11,15-16,21-23,29H,4-5,10,12H2,1-2H3,(H,28,30)/t15-,16+,21+,22?,23-/m0/s1. The van der Waals surface area contributed by atoms with E-state index in [1.807, 2.05) is 0 Å². The molecule has 39 heavy (non-hydrogen) atoms. The number of rotatable bonds is 5. The predicted molar refractivity (Wildman–Crippen MR) is 141 cm³/mol. The minimum atomic E-state index is -4.36.